The van der Waals surface area contributed by atoms with E-state index in [9.17, 15) is 0 Å². The zero-order valence-corrected chi connectivity index (χ0v) is 21.0. The molecule has 30 heavy (non-hydrogen) atoms. The second-order valence-corrected chi connectivity index (χ2v) is 9.61. The molecule has 1 unspecified atom stereocenters. The van der Waals surface area contributed by atoms with E-state index >= 15 is 0 Å². The Morgan fingerprint density at radius 2 is 0.800 bits per heavy atom. The summed E-state index contributed by atoms with van der Waals surface area (Å²) in [6.45, 7) is 10.2. The van der Waals surface area contributed by atoms with Crippen molar-refractivity contribution in [3.63, 3.8) is 0 Å². The van der Waals surface area contributed by atoms with Gasteiger partial charge in [0.05, 0.1) is 0 Å². The topological polar surface area (TPSA) is 0 Å². The van der Waals surface area contributed by atoms with E-state index in [1.54, 1.807) is 0 Å². The van der Waals surface area contributed by atoms with Crippen molar-refractivity contribution in [3.8, 4) is 11.8 Å². The van der Waals surface area contributed by atoms with Gasteiger partial charge in [0.1, 0.15) is 0 Å². The highest BCUT2D eigenvalue weighted by Crippen LogP contribution is 2.19. The molecule has 0 saturated heterocycles. The molecule has 0 spiro atoms. The van der Waals surface area contributed by atoms with Gasteiger partial charge >= 0.3 is 0 Å². The molecule has 2 radical (unpaired) electrons. The van der Waals surface area contributed by atoms with Gasteiger partial charge in [-0.15, -0.1) is 11.8 Å². The molecule has 176 valence electrons. The molecular weight excluding hydrogens is 360 g/mol. The molecule has 0 aromatic rings. The molecule has 0 nitrogen and oxygen atoms in total. The van der Waals surface area contributed by atoms with Crippen LogP contribution in [0.3, 0.4) is 0 Å². The summed E-state index contributed by atoms with van der Waals surface area (Å²) in [6, 6.07) is 0. The zero-order chi connectivity index (χ0) is 22.0. The number of hydrogen-bond donors (Lipinski definition) is 0. The predicted molar refractivity (Wildman–Crippen MR) is 138 cm³/mol. The van der Waals surface area contributed by atoms with Gasteiger partial charge in [-0.2, -0.15) is 0 Å². The molecule has 0 aliphatic rings. The first-order valence-electron chi connectivity index (χ1n) is 13.9. The van der Waals surface area contributed by atoms with E-state index in [-0.39, 0.29) is 0 Å². The summed E-state index contributed by atoms with van der Waals surface area (Å²) in [5.41, 5.74) is 0. The molecule has 0 saturated carbocycles. The van der Waals surface area contributed by atoms with Crippen molar-refractivity contribution in [1.29, 1.82) is 0 Å². The number of hydrogen-bond acceptors (Lipinski definition) is 0. The highest BCUT2D eigenvalue weighted by molar-refractivity contribution is 4.98. The minimum absolute atomic E-state index is 0.931. The maximum atomic E-state index is 3.91. The molecule has 0 heterocycles. The smallest absolute Gasteiger partial charge is 0.00886 e. The minimum atomic E-state index is 0.931. The van der Waals surface area contributed by atoms with Crippen molar-refractivity contribution < 1.29 is 0 Å². The third-order valence-electron chi connectivity index (χ3n) is 6.37. The van der Waals surface area contributed by atoms with Crippen LogP contribution in [0.2, 0.25) is 0 Å². The average molecular weight is 417 g/mol. The average Bonchev–Trinajstić information content (AvgIpc) is 2.75. The van der Waals surface area contributed by atoms with E-state index in [1.165, 1.54) is 128 Å². The summed E-state index contributed by atoms with van der Waals surface area (Å²) in [5.74, 6) is 7.39. The molecule has 0 rings (SSSR count). The van der Waals surface area contributed by atoms with Crippen LogP contribution in [0.4, 0.5) is 0 Å². The van der Waals surface area contributed by atoms with Crippen LogP contribution in [0.15, 0.2) is 0 Å². The fraction of sp³-hybridized carbons (Fsp3) is 0.867. The van der Waals surface area contributed by atoms with Crippen molar-refractivity contribution in [2.24, 2.45) is 5.92 Å². The van der Waals surface area contributed by atoms with Gasteiger partial charge < -0.3 is 0 Å². The summed E-state index contributed by atoms with van der Waals surface area (Å²) in [4.78, 5) is 0. The molecular formula is C30H56. The molecule has 0 aromatic heterocycles. The molecule has 0 aliphatic carbocycles. The maximum absolute atomic E-state index is 3.91. The Hall–Kier alpha value is -0.440. The van der Waals surface area contributed by atoms with E-state index in [4.69, 9.17) is 0 Å². The van der Waals surface area contributed by atoms with Gasteiger partial charge in [0.15, 0.2) is 0 Å². The van der Waals surface area contributed by atoms with Crippen LogP contribution in [0, 0.1) is 31.6 Å². The predicted octanol–water partition coefficient (Wildman–Crippen LogP) is 10.7. The summed E-state index contributed by atoms with van der Waals surface area (Å²) in [6.07, 6.45) is 32.7. The van der Waals surface area contributed by atoms with Gasteiger partial charge in [-0.1, -0.05) is 149 Å². The Bertz CT molecular complexity index is 358. The van der Waals surface area contributed by atoms with E-state index in [0.29, 0.717) is 0 Å². The lowest BCUT2D eigenvalue weighted by molar-refractivity contribution is 0.432. The SMILES string of the molecule is [CH2]CCC#CCCCCCCC(C)CCCCCCCCCCCCCCCC[CH2]. The van der Waals surface area contributed by atoms with Crippen LogP contribution in [0.25, 0.3) is 0 Å². The van der Waals surface area contributed by atoms with Gasteiger partial charge in [-0.05, 0) is 18.8 Å². The second kappa shape index (κ2) is 26.6. The Labute approximate surface area is 192 Å². The molecule has 0 bridgehead atoms. The molecule has 0 aromatic carbocycles. The van der Waals surface area contributed by atoms with Crippen molar-refractivity contribution >= 4 is 0 Å². The molecule has 1 atom stereocenters. The minimum Gasteiger partial charge on any atom is -0.103 e. The van der Waals surface area contributed by atoms with Crippen molar-refractivity contribution in [1.82, 2.24) is 0 Å². The third-order valence-corrected chi connectivity index (χ3v) is 6.37. The lowest BCUT2D eigenvalue weighted by Gasteiger charge is -2.11. The highest BCUT2D eigenvalue weighted by atomic mass is 14.1. The fourth-order valence-electron chi connectivity index (χ4n) is 4.26. The Morgan fingerprint density at radius 1 is 0.433 bits per heavy atom. The van der Waals surface area contributed by atoms with Crippen molar-refractivity contribution in [3.05, 3.63) is 13.8 Å². The normalized spacial score (nSPS) is 12.0. The summed E-state index contributed by atoms with van der Waals surface area (Å²) in [7, 11) is 0. The molecule has 0 amide bonds. The number of unbranched alkanes of at least 4 members (excludes halogenated alkanes) is 19. The van der Waals surface area contributed by atoms with Gasteiger partial charge in [-0.25, -0.2) is 0 Å². The van der Waals surface area contributed by atoms with Crippen LogP contribution in [0.1, 0.15) is 161 Å². The first kappa shape index (κ1) is 29.6. The number of rotatable bonds is 23. The Kier molecular flexibility index (Phi) is 26.2. The first-order valence-corrected chi connectivity index (χ1v) is 13.9. The quantitative estimate of drug-likeness (QED) is 0.115. The van der Waals surface area contributed by atoms with E-state index in [0.717, 1.165) is 31.6 Å². The van der Waals surface area contributed by atoms with E-state index < -0.39 is 0 Å². The van der Waals surface area contributed by atoms with Crippen molar-refractivity contribution in [2.75, 3.05) is 0 Å². The lowest BCUT2D eigenvalue weighted by atomic mass is 9.96. The van der Waals surface area contributed by atoms with Crippen LogP contribution < -0.4 is 0 Å². The zero-order valence-electron chi connectivity index (χ0n) is 21.0. The summed E-state index contributed by atoms with van der Waals surface area (Å²) in [5, 5.41) is 0. The maximum Gasteiger partial charge on any atom is 0.00886 e. The van der Waals surface area contributed by atoms with E-state index in [2.05, 4.69) is 32.6 Å². The van der Waals surface area contributed by atoms with Gasteiger partial charge in [0, 0.05) is 12.8 Å². The first-order chi connectivity index (χ1) is 14.8. The van der Waals surface area contributed by atoms with Crippen LogP contribution >= 0.6 is 0 Å². The molecule has 0 fully saturated rings. The van der Waals surface area contributed by atoms with Gasteiger partial charge in [0.25, 0.3) is 0 Å². The van der Waals surface area contributed by atoms with Gasteiger partial charge in [-0.3, -0.25) is 0 Å². The molecule has 0 N–H and O–H groups in total. The molecule has 0 heteroatoms. The summed E-state index contributed by atoms with van der Waals surface area (Å²) >= 11 is 0. The largest absolute Gasteiger partial charge is 0.103 e. The summed E-state index contributed by atoms with van der Waals surface area (Å²) < 4.78 is 0. The highest BCUT2D eigenvalue weighted by Gasteiger charge is 2.02. The lowest BCUT2D eigenvalue weighted by Crippen LogP contribution is -1.95. The van der Waals surface area contributed by atoms with Crippen LogP contribution in [0.5, 0.6) is 0 Å². The monoisotopic (exact) mass is 416 g/mol. The fourth-order valence-corrected chi connectivity index (χ4v) is 4.26. The third kappa shape index (κ3) is 25.6. The Morgan fingerprint density at radius 3 is 1.23 bits per heavy atom. The van der Waals surface area contributed by atoms with E-state index in [1.807, 2.05) is 0 Å². The van der Waals surface area contributed by atoms with Gasteiger partial charge in [0.2, 0.25) is 0 Å². The van der Waals surface area contributed by atoms with Crippen LogP contribution in [-0.4, -0.2) is 0 Å². The standard InChI is InChI=1S/C30H56/c1-4-6-8-10-12-14-15-16-17-18-19-21-23-25-27-29-30(3)28-26-24-22-20-13-11-9-7-5-2/h30H,1-2,4-8,10,12-29H2,3H3. The second-order valence-electron chi connectivity index (χ2n) is 9.61. The van der Waals surface area contributed by atoms with Crippen molar-refractivity contribution in [2.45, 2.75) is 161 Å². The Balaban J connectivity index is 3.16. The molecule has 0 aliphatic heterocycles. The van der Waals surface area contributed by atoms with Crippen LogP contribution in [-0.2, 0) is 0 Å².